The first-order valence-electron chi connectivity index (χ1n) is 31.5. The first-order chi connectivity index (χ1) is 52.3. The quantitative estimate of drug-likeness (QED) is 0.00957. The van der Waals surface area contributed by atoms with Crippen LogP contribution in [0.5, 0.6) is 0 Å². The molecule has 0 aliphatic rings. The molecule has 0 aromatic heterocycles. The second-order valence-corrected chi connectivity index (χ2v) is 36.2. The number of hydrogen-bond acceptors (Lipinski definition) is 26. The summed E-state index contributed by atoms with van der Waals surface area (Å²) in [7, 11) is 0. The summed E-state index contributed by atoms with van der Waals surface area (Å²) in [5, 5.41) is 138. The summed E-state index contributed by atoms with van der Waals surface area (Å²) < 4.78 is 1.94. The van der Waals surface area contributed by atoms with E-state index < -0.39 is 179 Å². The molecule has 24 N–H and O–H groups in total. The Bertz CT molecular complexity index is 3890. The van der Waals surface area contributed by atoms with Gasteiger partial charge in [0.25, 0.3) is 23.6 Å². The number of hydrogen-bond donors (Lipinski definition) is 20. The number of ketones is 4. The van der Waals surface area contributed by atoms with Crippen LogP contribution in [0.2, 0.25) is 0 Å². The van der Waals surface area contributed by atoms with Crippen LogP contribution in [0.3, 0.4) is 0 Å². The Morgan fingerprint density at radius 2 is 0.531 bits per heavy atom. The van der Waals surface area contributed by atoms with E-state index in [1.165, 1.54) is 0 Å². The summed E-state index contributed by atoms with van der Waals surface area (Å²) in [6.07, 6.45) is -11.9. The minimum Gasteiger partial charge on any atom is -0.394 e. The molecule has 8 amide bonds. The van der Waals surface area contributed by atoms with Crippen molar-refractivity contribution in [3.05, 3.63) is 92.3 Å². The number of carbonyl (C=O) groups is 12. The Hall–Kier alpha value is 1.12. The molecule has 0 aliphatic heterocycles. The summed E-state index contributed by atoms with van der Waals surface area (Å²) in [6.45, 7) is -5.64. The maximum atomic E-state index is 14.4. The Kier molecular flexibility index (Phi) is 57.4. The molecule has 0 fully saturated rings. The molecule has 7 atom stereocenters. The molecule has 4 rings (SSSR count). The van der Waals surface area contributed by atoms with Crippen LogP contribution in [-0.4, -0.2) is 250 Å². The number of anilines is 4. The maximum absolute atomic E-state index is 14.4. The van der Waals surface area contributed by atoms with E-state index in [1.807, 2.05) is 67.8 Å². The zero-order valence-corrected chi connectivity index (χ0v) is 88.2. The number of primary amides is 4. The van der Waals surface area contributed by atoms with Crippen LogP contribution >= 0.6 is 305 Å². The van der Waals surface area contributed by atoms with E-state index in [0.717, 1.165) is 9.80 Å². The number of amides is 8. The topological polar surface area (TPSA) is 623 Å². The van der Waals surface area contributed by atoms with Crippen LogP contribution in [0.15, 0.2) is 0 Å². The van der Waals surface area contributed by atoms with Gasteiger partial charge in [-0.1, -0.05) is 0 Å². The van der Waals surface area contributed by atoms with Crippen LogP contribution in [0.4, 0.5) is 22.7 Å². The van der Waals surface area contributed by atoms with Crippen LogP contribution in [0.1, 0.15) is 147 Å². The number of alkyl halides is 1. The fourth-order valence-electron chi connectivity index (χ4n) is 9.28. The second-order valence-electron chi connectivity index (χ2n) is 23.0. The molecule has 0 saturated heterocycles. The van der Waals surface area contributed by atoms with Gasteiger partial charge < -0.3 is 137 Å². The average molecular weight is 3110 g/mol. The third-order valence-corrected chi connectivity index (χ3v) is 28.1. The number of carbonyl (C=O) groups excluding carboxylic acids is 12. The summed E-state index contributed by atoms with van der Waals surface area (Å²) in [6, 6.07) is 0. The fourth-order valence-corrected chi connectivity index (χ4v) is 28.3. The van der Waals surface area contributed by atoms with Gasteiger partial charge in [-0.2, -0.15) is 0 Å². The Morgan fingerprint density at radius 1 is 0.327 bits per heavy atom. The molecule has 4 aromatic carbocycles. The molecular weight excluding hydrogens is 3030 g/mol. The van der Waals surface area contributed by atoms with Gasteiger partial charge in [0.05, 0.1) is 167 Å². The minimum atomic E-state index is -1.62. The monoisotopic (exact) mass is 3110 g/mol. The van der Waals surface area contributed by atoms with Gasteiger partial charge in [-0.15, -0.1) is 11.6 Å². The number of nitrogens with two attached hydrogens (primary N) is 4. The average Bonchev–Trinajstić information content (AvgIpc) is 0.790. The molecule has 34 nitrogen and oxygen atoms in total. The van der Waals surface area contributed by atoms with Crippen molar-refractivity contribution in [3.63, 3.8) is 0 Å². The van der Waals surface area contributed by atoms with Crippen molar-refractivity contribution in [2.24, 2.45) is 22.9 Å². The van der Waals surface area contributed by atoms with Crippen LogP contribution in [0.25, 0.3) is 0 Å². The van der Waals surface area contributed by atoms with E-state index in [2.05, 4.69) is 15.6 Å². The fraction of sp³-hybridized carbons (Fsp3) is 0.422. The molecule has 0 saturated carbocycles. The first-order valence-corrected chi connectivity index (χ1v) is 46.5. The van der Waals surface area contributed by atoms with E-state index in [9.17, 15) is 109 Å². The van der Waals surface area contributed by atoms with Gasteiger partial charge in [-0.3, -0.25) is 62.5 Å². The van der Waals surface area contributed by atoms with Crippen LogP contribution in [0, 0.1) is 47.8 Å². The Morgan fingerprint density at radius 3 is 0.735 bits per heavy atom. The zero-order chi connectivity index (χ0) is 86.5. The predicted molar refractivity (Wildman–Crippen MR) is 520 cm³/mol. The van der Waals surface area contributed by atoms with Crippen molar-refractivity contribution >= 4 is 398 Å². The number of rotatable bonds is 40. The molecule has 4 aromatic rings. The van der Waals surface area contributed by atoms with E-state index in [1.54, 1.807) is 226 Å². The Labute approximate surface area is 840 Å². The summed E-state index contributed by atoms with van der Waals surface area (Å²) in [4.78, 5) is 164. The van der Waals surface area contributed by atoms with E-state index in [0.29, 0.717) is 0 Å². The second kappa shape index (κ2) is 56.9. The number of halogens is 14. The Balaban J connectivity index is 0.00000204. The number of aliphatic hydroxyl groups is 14. The number of nitrogens with zero attached hydrogens (tertiary/aromatic N) is 2. The largest absolute Gasteiger partial charge is 0.394 e. The molecule has 0 heterocycles. The molecule has 629 valence electrons. The first kappa shape index (κ1) is 114. The van der Waals surface area contributed by atoms with E-state index in [-0.39, 0.29) is 193 Å². The smallest absolute Gasteiger partial charge is 0.250 e. The van der Waals surface area contributed by atoms with E-state index in [4.69, 9.17) is 55.0 Å². The summed E-state index contributed by atoms with van der Waals surface area (Å²) >= 11 is 28.2. The number of nitrogens with one attached hydrogen (secondary N) is 2. The molecule has 0 spiro atoms. The molecule has 0 bridgehead atoms. The predicted octanol–water partition coefficient (Wildman–Crippen LogP) is 4.51. The van der Waals surface area contributed by atoms with Crippen molar-refractivity contribution in [2.75, 3.05) is 85.7 Å². The molecule has 7 unspecified atom stereocenters. The molecule has 0 aliphatic carbocycles. The molecule has 49 heteroatoms. The SMILES string of the molecule is NC(=O)c1c(I)c(C(=O)CCC(O)CO)c(I)c(N(CC(O)CO)C(=O)CC(=O)N(CC(O)CO)c2c(I)c(C(N)=O)c(I)c(C(=O)CCC(O)CO)c2I)c1I.NC(=O)c1c(I)c(NC(=O)CC(=O)Nc2c(I)c(C(N)=O)c(I)c(C(=O)CCC(O)CO)c2I)c(I)c(C(=O)CCC(O)CO)c1I.OCC(O)CCl.[CH2-]I.[V]. The maximum Gasteiger partial charge on any atom is 0.250 e. The van der Waals surface area contributed by atoms with Crippen molar-refractivity contribution < 1.29 is 148 Å². The third kappa shape index (κ3) is 33.2. The molecule has 113 heavy (non-hydrogen) atoms. The normalized spacial score (nSPS) is 12.7. The van der Waals surface area contributed by atoms with E-state index >= 15 is 0 Å². The van der Waals surface area contributed by atoms with Crippen LogP contribution in [-0.2, 0) is 37.7 Å². The minimum absolute atomic E-state index is 0. The van der Waals surface area contributed by atoms with Gasteiger partial charge in [0.15, 0.2) is 23.1 Å². The van der Waals surface area contributed by atoms with Gasteiger partial charge in [-0.05, 0) is 297 Å². The zero-order valence-electron chi connectivity index (χ0n) is 58.0. The van der Waals surface area contributed by atoms with Gasteiger partial charge in [0.2, 0.25) is 23.6 Å². The van der Waals surface area contributed by atoms with Gasteiger partial charge >= 0.3 is 0 Å². The van der Waals surface area contributed by atoms with Crippen molar-refractivity contribution in [2.45, 2.75) is 107 Å². The van der Waals surface area contributed by atoms with Crippen LogP contribution < -0.4 is 43.4 Å². The van der Waals surface area contributed by atoms with Crippen molar-refractivity contribution in [3.8, 4) is 0 Å². The number of aliphatic hydroxyl groups excluding tert-OH is 14. The standard InChI is InChI=1S/C33H38I6N4O14.C27H26I6N4O10.C3H7ClO2.CH2I.V/c34-24-20(16(52)3-1-12(48)8-44)26(36)30(28(38)22(24)32(40)56)42(6-14(50)10-46)18(54)5-19(55)43(7-15(51)11-47)31-27(37)21(17(53)4-2-13(49)9-45)25(35)23(29(31)39)33(41)57;28-18-14(10(42)3-1-8(40)6-38)20(30)24(22(32)16(18)26(34)46)36-12(44)5-13(45)37-25-21(31)15(11(43)4-2-9(41)7-39)19(29)17(23(25)33)27(35)47;4-1-3(6)2-5;1-2;/h12-15,44-51H,1-11H2,(H2,40,56)(H2,41,57);8-9,38-41H,1-7H2,(H2,34,46)(H2,35,47)(H,36,44)(H,37,45);3,5-6H,1-2H2;1H2;/q;;;-1;. The molecule has 1 radical (unpaired) electrons. The molecular formula is C64H73ClI13N8O26V-. The number of Topliss-reactive ketones (excluding diaryl/α,β-unsaturated/α-hetero) is 4. The van der Waals surface area contributed by atoms with Gasteiger partial charge in [-0.25, -0.2) is 0 Å². The summed E-state index contributed by atoms with van der Waals surface area (Å²) in [5.41, 5.74) is 22.1. The van der Waals surface area contributed by atoms with Crippen molar-refractivity contribution in [1.29, 1.82) is 0 Å². The van der Waals surface area contributed by atoms with Gasteiger partial charge in [0.1, 0.15) is 12.8 Å². The summed E-state index contributed by atoms with van der Waals surface area (Å²) in [5.74, 6) is -9.53. The van der Waals surface area contributed by atoms with Crippen molar-refractivity contribution in [1.82, 2.24) is 0 Å². The number of benzene rings is 4. The third-order valence-electron chi connectivity index (χ3n) is 14.9. The van der Waals surface area contributed by atoms with Gasteiger partial charge in [0, 0.05) is 95.1 Å².